The van der Waals surface area contributed by atoms with Crippen LogP contribution in [0.2, 0.25) is 0 Å². The van der Waals surface area contributed by atoms with Gasteiger partial charge < -0.3 is 25.0 Å². The van der Waals surface area contributed by atoms with E-state index in [2.05, 4.69) is 10.6 Å². The van der Waals surface area contributed by atoms with Gasteiger partial charge in [0.15, 0.2) is 11.5 Å². The number of hydrogen-bond acceptors (Lipinski definition) is 5. The van der Waals surface area contributed by atoms with Crippen molar-refractivity contribution in [3.8, 4) is 11.5 Å². The fourth-order valence-corrected chi connectivity index (χ4v) is 4.45. The minimum absolute atomic E-state index is 0.0730. The maximum absolute atomic E-state index is 13.0. The fourth-order valence-electron chi connectivity index (χ4n) is 4.45. The van der Waals surface area contributed by atoms with Crippen molar-refractivity contribution in [1.29, 1.82) is 0 Å². The minimum atomic E-state index is -4.48. The Balaban J connectivity index is 1.42. The summed E-state index contributed by atoms with van der Waals surface area (Å²) in [5.41, 5.74) is -0.335. The first-order valence-corrected chi connectivity index (χ1v) is 12.0. The first-order chi connectivity index (χ1) is 17.5. The Hall–Kier alpha value is -3.76. The summed E-state index contributed by atoms with van der Waals surface area (Å²) in [7, 11) is 0. The zero-order valence-corrected chi connectivity index (χ0v) is 20.4. The standard InChI is InChI=1S/C26H28F3N3O5/c1-15(2)30-24(34)22(31-23(33)18-5-8-20-21(13-18)37-14-36-20)16-9-11-32(12-10-16)25(35)17-3-6-19(7-4-17)26(27,28)29/h3-8,13,15-16,22H,9-12,14H2,1-2H3,(H,30,34)(H,31,33). The number of rotatable bonds is 6. The molecule has 1 saturated heterocycles. The van der Waals surface area contributed by atoms with Gasteiger partial charge in [0.1, 0.15) is 6.04 Å². The molecule has 3 amide bonds. The highest BCUT2D eigenvalue weighted by molar-refractivity contribution is 5.98. The number of nitrogens with one attached hydrogen (secondary N) is 2. The molecule has 1 atom stereocenters. The molecule has 2 aliphatic rings. The summed E-state index contributed by atoms with van der Waals surface area (Å²) in [6, 6.07) is 7.92. The van der Waals surface area contributed by atoms with Gasteiger partial charge in [0.05, 0.1) is 5.56 Å². The maximum Gasteiger partial charge on any atom is 0.416 e. The number of carbonyl (C=O) groups excluding carboxylic acids is 3. The van der Waals surface area contributed by atoms with Crippen molar-refractivity contribution in [2.24, 2.45) is 5.92 Å². The molecule has 2 N–H and O–H groups in total. The molecule has 8 nitrogen and oxygen atoms in total. The smallest absolute Gasteiger partial charge is 0.416 e. The molecule has 11 heteroatoms. The summed E-state index contributed by atoms with van der Waals surface area (Å²) < 4.78 is 49.1. The second kappa shape index (κ2) is 10.7. The number of nitrogens with zero attached hydrogens (tertiary/aromatic N) is 1. The molecule has 2 aromatic carbocycles. The molecule has 1 unspecified atom stereocenters. The molecule has 0 saturated carbocycles. The Labute approximate surface area is 212 Å². The van der Waals surface area contributed by atoms with Crippen LogP contribution in [0.1, 0.15) is 53.0 Å². The number of alkyl halides is 3. The number of halogens is 3. The van der Waals surface area contributed by atoms with E-state index in [1.165, 1.54) is 12.1 Å². The van der Waals surface area contributed by atoms with E-state index < -0.39 is 23.7 Å². The second-order valence-corrected chi connectivity index (χ2v) is 9.39. The molecule has 4 rings (SSSR count). The molecular formula is C26H28F3N3O5. The first kappa shape index (κ1) is 26.3. The van der Waals surface area contributed by atoms with Crippen LogP contribution in [0.5, 0.6) is 11.5 Å². The molecule has 0 aliphatic carbocycles. The van der Waals surface area contributed by atoms with E-state index in [0.29, 0.717) is 43.0 Å². The molecule has 198 valence electrons. The SMILES string of the molecule is CC(C)NC(=O)C(NC(=O)c1ccc2c(c1)OCO2)C1CCN(C(=O)c2ccc(C(F)(F)F)cc2)CC1. The van der Waals surface area contributed by atoms with Gasteiger partial charge in [0.2, 0.25) is 12.7 Å². The van der Waals surface area contributed by atoms with E-state index in [9.17, 15) is 27.6 Å². The van der Waals surface area contributed by atoms with Crippen molar-refractivity contribution < 1.29 is 37.0 Å². The van der Waals surface area contributed by atoms with Crippen molar-refractivity contribution >= 4 is 17.7 Å². The second-order valence-electron chi connectivity index (χ2n) is 9.39. The van der Waals surface area contributed by atoms with Crippen molar-refractivity contribution in [1.82, 2.24) is 15.5 Å². The first-order valence-electron chi connectivity index (χ1n) is 12.0. The lowest BCUT2D eigenvalue weighted by atomic mass is 9.88. The average Bonchev–Trinajstić information content (AvgIpc) is 3.34. The Kier molecular flexibility index (Phi) is 7.60. The quantitative estimate of drug-likeness (QED) is 0.608. The fraction of sp³-hybridized carbons (Fsp3) is 0.423. The van der Waals surface area contributed by atoms with E-state index in [1.807, 2.05) is 13.8 Å². The van der Waals surface area contributed by atoms with Gasteiger partial charge in [-0.3, -0.25) is 14.4 Å². The lowest BCUT2D eigenvalue weighted by Crippen LogP contribution is -2.54. The van der Waals surface area contributed by atoms with Crippen LogP contribution in [0.4, 0.5) is 13.2 Å². The van der Waals surface area contributed by atoms with E-state index in [0.717, 1.165) is 12.1 Å². The Morgan fingerprint density at radius 1 is 0.919 bits per heavy atom. The van der Waals surface area contributed by atoms with Crippen molar-refractivity contribution in [2.75, 3.05) is 19.9 Å². The van der Waals surface area contributed by atoms with Gasteiger partial charge in [-0.15, -0.1) is 0 Å². The predicted octanol–water partition coefficient (Wildman–Crippen LogP) is 3.61. The van der Waals surface area contributed by atoms with Gasteiger partial charge in [0, 0.05) is 30.3 Å². The molecule has 0 radical (unpaired) electrons. The van der Waals surface area contributed by atoms with Gasteiger partial charge in [-0.05, 0) is 75.1 Å². The summed E-state index contributed by atoms with van der Waals surface area (Å²) >= 11 is 0. The molecule has 0 bridgehead atoms. The summed E-state index contributed by atoms with van der Waals surface area (Å²) in [5.74, 6) is -0.392. The number of benzene rings is 2. The third kappa shape index (κ3) is 6.15. The molecule has 2 aliphatic heterocycles. The number of fused-ring (bicyclic) bond motifs is 1. The highest BCUT2D eigenvalue weighted by Crippen LogP contribution is 2.33. The predicted molar refractivity (Wildman–Crippen MR) is 127 cm³/mol. The Bertz CT molecular complexity index is 1160. The molecule has 37 heavy (non-hydrogen) atoms. The van der Waals surface area contributed by atoms with Gasteiger partial charge in [-0.25, -0.2) is 0 Å². The highest BCUT2D eigenvalue weighted by Gasteiger charge is 2.35. The molecule has 1 fully saturated rings. The molecule has 2 heterocycles. The van der Waals surface area contributed by atoms with Crippen LogP contribution in [-0.4, -0.2) is 54.6 Å². The van der Waals surface area contributed by atoms with Crippen molar-refractivity contribution in [3.63, 3.8) is 0 Å². The zero-order valence-electron chi connectivity index (χ0n) is 20.4. The monoisotopic (exact) mass is 519 g/mol. The normalized spacial score (nSPS) is 16.4. The number of likely N-dealkylation sites (tertiary alicyclic amines) is 1. The van der Waals surface area contributed by atoms with Gasteiger partial charge in [-0.2, -0.15) is 13.2 Å². The van der Waals surface area contributed by atoms with E-state index in [-0.39, 0.29) is 36.1 Å². The van der Waals surface area contributed by atoms with Crippen molar-refractivity contribution in [3.05, 3.63) is 59.2 Å². The number of ether oxygens (including phenoxy) is 2. The van der Waals surface area contributed by atoms with Crippen LogP contribution in [0.25, 0.3) is 0 Å². The number of carbonyl (C=O) groups is 3. The van der Waals surface area contributed by atoms with E-state index in [1.54, 1.807) is 23.1 Å². The highest BCUT2D eigenvalue weighted by atomic mass is 19.4. The lowest BCUT2D eigenvalue weighted by molar-refractivity contribution is -0.137. The topological polar surface area (TPSA) is 97.0 Å². The number of hydrogen-bond donors (Lipinski definition) is 2. The third-order valence-corrected chi connectivity index (χ3v) is 6.39. The van der Waals surface area contributed by atoms with Crippen LogP contribution < -0.4 is 20.1 Å². The summed E-state index contributed by atoms with van der Waals surface area (Å²) in [5, 5.41) is 5.68. The van der Waals surface area contributed by atoms with Crippen molar-refractivity contribution in [2.45, 2.75) is 44.9 Å². The molecule has 0 spiro atoms. The number of amides is 3. The summed E-state index contributed by atoms with van der Waals surface area (Å²) in [6.07, 6.45) is -3.61. The lowest BCUT2D eigenvalue weighted by Gasteiger charge is -2.36. The van der Waals surface area contributed by atoms with E-state index in [4.69, 9.17) is 9.47 Å². The summed E-state index contributed by atoms with van der Waals surface area (Å²) in [4.78, 5) is 40.4. The van der Waals surface area contributed by atoms with Crippen LogP contribution in [-0.2, 0) is 11.0 Å². The van der Waals surface area contributed by atoms with Crippen LogP contribution >= 0.6 is 0 Å². The van der Waals surface area contributed by atoms with Crippen LogP contribution in [0, 0.1) is 5.92 Å². The third-order valence-electron chi connectivity index (χ3n) is 6.39. The van der Waals surface area contributed by atoms with E-state index >= 15 is 0 Å². The molecule has 2 aromatic rings. The average molecular weight is 520 g/mol. The Morgan fingerprint density at radius 2 is 1.54 bits per heavy atom. The van der Waals surface area contributed by atoms with Crippen LogP contribution in [0.15, 0.2) is 42.5 Å². The molecular weight excluding hydrogens is 491 g/mol. The van der Waals surface area contributed by atoms with Gasteiger partial charge >= 0.3 is 6.18 Å². The number of piperidine rings is 1. The van der Waals surface area contributed by atoms with Gasteiger partial charge in [-0.1, -0.05) is 0 Å². The Morgan fingerprint density at radius 3 is 2.16 bits per heavy atom. The largest absolute Gasteiger partial charge is 0.454 e. The zero-order chi connectivity index (χ0) is 26.7. The van der Waals surface area contributed by atoms with Crippen LogP contribution in [0.3, 0.4) is 0 Å². The minimum Gasteiger partial charge on any atom is -0.454 e. The molecule has 0 aromatic heterocycles. The van der Waals surface area contributed by atoms with Gasteiger partial charge in [0.25, 0.3) is 11.8 Å². The maximum atomic E-state index is 13.0. The summed E-state index contributed by atoms with van der Waals surface area (Å²) in [6.45, 7) is 4.31.